The van der Waals surface area contributed by atoms with Crippen molar-refractivity contribution in [2.45, 2.75) is 6.42 Å². The van der Waals surface area contributed by atoms with E-state index in [-0.39, 0.29) is 35.0 Å². The van der Waals surface area contributed by atoms with Gasteiger partial charge in [-0.05, 0) is 12.3 Å². The Morgan fingerprint density at radius 2 is 2.28 bits per heavy atom. The molecule has 6 nitrogen and oxygen atoms in total. The fourth-order valence-corrected chi connectivity index (χ4v) is 3.82. The molecule has 1 atom stereocenters. The molecule has 1 aliphatic rings. The van der Waals surface area contributed by atoms with Crippen LogP contribution >= 0.6 is 0 Å². The van der Waals surface area contributed by atoms with Crippen molar-refractivity contribution >= 4 is 15.7 Å². The molecule has 1 fully saturated rings. The molecule has 2 rings (SSSR count). The SMILES string of the molecule is O=C(NCC1CCS(=O)(=O)C1)c1c[nH]ccc1=O. The Morgan fingerprint density at radius 1 is 1.50 bits per heavy atom. The molecule has 1 aromatic rings. The number of H-pyrrole nitrogens is 1. The molecule has 2 heterocycles. The minimum Gasteiger partial charge on any atom is -0.367 e. The van der Waals surface area contributed by atoms with Crippen molar-refractivity contribution < 1.29 is 13.2 Å². The summed E-state index contributed by atoms with van der Waals surface area (Å²) in [5.41, 5.74) is -0.316. The smallest absolute Gasteiger partial charge is 0.256 e. The highest BCUT2D eigenvalue weighted by molar-refractivity contribution is 7.91. The summed E-state index contributed by atoms with van der Waals surface area (Å²) < 4.78 is 22.5. The third-order valence-electron chi connectivity index (χ3n) is 2.95. The minimum atomic E-state index is -2.94. The summed E-state index contributed by atoms with van der Waals surface area (Å²) in [5, 5.41) is 2.60. The molecule has 0 aliphatic carbocycles. The van der Waals surface area contributed by atoms with Crippen LogP contribution in [0.1, 0.15) is 16.8 Å². The van der Waals surface area contributed by atoms with Gasteiger partial charge in [0.25, 0.3) is 5.91 Å². The molecule has 0 radical (unpaired) electrons. The number of aromatic nitrogens is 1. The first-order chi connectivity index (χ1) is 8.48. The zero-order valence-electron chi connectivity index (χ0n) is 9.68. The monoisotopic (exact) mass is 270 g/mol. The van der Waals surface area contributed by atoms with Crippen molar-refractivity contribution in [1.82, 2.24) is 10.3 Å². The first-order valence-corrected chi connectivity index (χ1v) is 7.46. The van der Waals surface area contributed by atoms with E-state index in [2.05, 4.69) is 10.3 Å². The van der Waals surface area contributed by atoms with Gasteiger partial charge in [0.1, 0.15) is 5.56 Å². The number of amides is 1. The van der Waals surface area contributed by atoms with E-state index >= 15 is 0 Å². The molecular weight excluding hydrogens is 256 g/mol. The average molecular weight is 270 g/mol. The van der Waals surface area contributed by atoms with E-state index in [0.29, 0.717) is 6.42 Å². The molecule has 0 aromatic carbocycles. The Bertz CT molecular complexity index is 605. The lowest BCUT2D eigenvalue weighted by Gasteiger charge is -2.08. The molecule has 1 aromatic heterocycles. The van der Waals surface area contributed by atoms with E-state index in [9.17, 15) is 18.0 Å². The predicted molar refractivity (Wildman–Crippen MR) is 66.2 cm³/mol. The Morgan fingerprint density at radius 3 is 2.89 bits per heavy atom. The fraction of sp³-hybridized carbons (Fsp3) is 0.455. The van der Waals surface area contributed by atoms with Crippen molar-refractivity contribution in [2.24, 2.45) is 5.92 Å². The van der Waals surface area contributed by atoms with Crippen molar-refractivity contribution in [3.8, 4) is 0 Å². The Kier molecular flexibility index (Phi) is 3.51. The maximum absolute atomic E-state index is 11.7. The maximum Gasteiger partial charge on any atom is 0.256 e. The highest BCUT2D eigenvalue weighted by Gasteiger charge is 2.28. The van der Waals surface area contributed by atoms with Gasteiger partial charge in [-0.15, -0.1) is 0 Å². The third kappa shape index (κ3) is 2.98. The third-order valence-corrected chi connectivity index (χ3v) is 4.78. The maximum atomic E-state index is 11.7. The number of hydrogen-bond donors (Lipinski definition) is 2. The minimum absolute atomic E-state index is 0.0401. The van der Waals surface area contributed by atoms with Gasteiger partial charge in [0.15, 0.2) is 15.3 Å². The van der Waals surface area contributed by atoms with Gasteiger partial charge in [-0.1, -0.05) is 0 Å². The van der Waals surface area contributed by atoms with Gasteiger partial charge in [0.05, 0.1) is 11.5 Å². The Hall–Kier alpha value is -1.63. The van der Waals surface area contributed by atoms with E-state index < -0.39 is 15.7 Å². The van der Waals surface area contributed by atoms with Gasteiger partial charge >= 0.3 is 0 Å². The highest BCUT2D eigenvalue weighted by atomic mass is 32.2. The van der Waals surface area contributed by atoms with E-state index in [4.69, 9.17) is 0 Å². The Balaban J connectivity index is 1.94. The molecule has 0 spiro atoms. The van der Waals surface area contributed by atoms with Crippen LogP contribution in [0.2, 0.25) is 0 Å². The van der Waals surface area contributed by atoms with Crippen LogP contribution in [-0.2, 0) is 9.84 Å². The lowest BCUT2D eigenvalue weighted by molar-refractivity contribution is 0.0947. The number of sulfone groups is 1. The number of carbonyl (C=O) groups excluding carboxylic acids is 1. The molecule has 1 saturated heterocycles. The predicted octanol–water partition coefficient (Wildman–Crippen LogP) is -0.461. The topological polar surface area (TPSA) is 96.1 Å². The van der Waals surface area contributed by atoms with E-state index in [1.165, 1.54) is 18.5 Å². The Labute approximate surface area is 104 Å². The number of nitrogens with one attached hydrogen (secondary N) is 2. The van der Waals surface area contributed by atoms with Gasteiger partial charge in [-0.25, -0.2) is 8.42 Å². The van der Waals surface area contributed by atoms with Crippen LogP contribution in [0, 0.1) is 5.92 Å². The summed E-state index contributed by atoms with van der Waals surface area (Å²) in [6.07, 6.45) is 3.35. The summed E-state index contributed by atoms with van der Waals surface area (Å²) >= 11 is 0. The first kappa shape index (κ1) is 12.8. The highest BCUT2D eigenvalue weighted by Crippen LogP contribution is 2.17. The van der Waals surface area contributed by atoms with Gasteiger partial charge in [0.2, 0.25) is 0 Å². The molecule has 98 valence electrons. The number of pyridine rings is 1. The van der Waals surface area contributed by atoms with Gasteiger partial charge in [-0.3, -0.25) is 9.59 Å². The van der Waals surface area contributed by atoms with Crippen molar-refractivity contribution in [1.29, 1.82) is 0 Å². The number of aromatic amines is 1. The lowest BCUT2D eigenvalue weighted by atomic mass is 10.1. The van der Waals surface area contributed by atoms with Gasteiger partial charge in [0, 0.05) is 25.0 Å². The molecule has 1 unspecified atom stereocenters. The molecule has 0 saturated carbocycles. The van der Waals surface area contributed by atoms with Crippen LogP contribution in [-0.4, -0.2) is 37.4 Å². The zero-order chi connectivity index (χ0) is 13.2. The molecule has 1 amide bonds. The largest absolute Gasteiger partial charge is 0.367 e. The second-order valence-corrected chi connectivity index (χ2v) is 6.63. The van der Waals surface area contributed by atoms with E-state index in [1.54, 1.807) is 0 Å². The van der Waals surface area contributed by atoms with E-state index in [1.807, 2.05) is 0 Å². The van der Waals surface area contributed by atoms with Crippen LogP contribution in [0.3, 0.4) is 0 Å². The van der Waals surface area contributed by atoms with Crippen molar-refractivity contribution in [3.63, 3.8) is 0 Å². The number of carbonyl (C=O) groups is 1. The van der Waals surface area contributed by atoms with E-state index in [0.717, 1.165) is 0 Å². The molecule has 2 N–H and O–H groups in total. The molecule has 18 heavy (non-hydrogen) atoms. The summed E-state index contributed by atoms with van der Waals surface area (Å²) in [4.78, 5) is 25.8. The van der Waals surface area contributed by atoms with Crippen LogP contribution in [0.15, 0.2) is 23.3 Å². The van der Waals surface area contributed by atoms with Gasteiger partial charge in [-0.2, -0.15) is 0 Å². The molecule has 0 bridgehead atoms. The quantitative estimate of drug-likeness (QED) is 0.776. The normalized spacial score (nSPS) is 21.7. The number of hydrogen-bond acceptors (Lipinski definition) is 4. The average Bonchev–Trinajstić information content (AvgIpc) is 2.66. The first-order valence-electron chi connectivity index (χ1n) is 5.64. The second kappa shape index (κ2) is 4.93. The van der Waals surface area contributed by atoms with Crippen LogP contribution in [0.25, 0.3) is 0 Å². The van der Waals surface area contributed by atoms with Gasteiger partial charge < -0.3 is 10.3 Å². The van der Waals surface area contributed by atoms with Crippen LogP contribution in [0.5, 0.6) is 0 Å². The van der Waals surface area contributed by atoms with Crippen molar-refractivity contribution in [2.75, 3.05) is 18.1 Å². The number of rotatable bonds is 3. The standard InChI is InChI=1S/C11H14N2O4S/c14-10-1-3-12-6-9(10)11(15)13-5-8-2-4-18(16,17)7-8/h1,3,6,8H,2,4-5,7H2,(H,12,14)(H,13,15). The summed E-state index contributed by atoms with van der Waals surface area (Å²) in [6.45, 7) is 0.284. The molecule has 1 aliphatic heterocycles. The second-order valence-electron chi connectivity index (χ2n) is 4.40. The zero-order valence-corrected chi connectivity index (χ0v) is 10.5. The fourth-order valence-electron chi connectivity index (χ4n) is 1.96. The summed E-state index contributed by atoms with van der Waals surface area (Å²) in [5.74, 6) is -0.236. The summed E-state index contributed by atoms with van der Waals surface area (Å²) in [6, 6.07) is 1.27. The molecule has 7 heteroatoms. The van der Waals surface area contributed by atoms with Crippen LogP contribution < -0.4 is 10.7 Å². The summed E-state index contributed by atoms with van der Waals surface area (Å²) in [7, 11) is -2.94. The lowest BCUT2D eigenvalue weighted by Crippen LogP contribution is -2.32. The molecular formula is C11H14N2O4S. The van der Waals surface area contributed by atoms with Crippen LogP contribution in [0.4, 0.5) is 0 Å². The van der Waals surface area contributed by atoms with Crippen molar-refractivity contribution in [3.05, 3.63) is 34.2 Å².